The van der Waals surface area contributed by atoms with Crippen LogP contribution in [0.1, 0.15) is 80.1 Å². The maximum absolute atomic E-state index is 3.67. The van der Waals surface area contributed by atoms with E-state index in [9.17, 15) is 0 Å². The smallest absolute Gasteiger partial charge is 0.00475 e. The summed E-state index contributed by atoms with van der Waals surface area (Å²) in [6.07, 6.45) is 8.14. The number of nitrogens with one attached hydrogen (secondary N) is 1. The Morgan fingerprint density at radius 2 is 1.67 bits per heavy atom. The maximum Gasteiger partial charge on any atom is 0.00475 e. The normalized spacial score (nSPS) is 22.4. The summed E-state index contributed by atoms with van der Waals surface area (Å²) in [5.74, 6) is 0. The van der Waals surface area contributed by atoms with Gasteiger partial charge in [-0.1, -0.05) is 60.8 Å². The molecule has 1 atom stereocenters. The fourth-order valence-electron chi connectivity index (χ4n) is 3.96. The molecule has 0 aromatic rings. The van der Waals surface area contributed by atoms with Crippen LogP contribution in [0.4, 0.5) is 0 Å². The molecule has 0 amide bonds. The van der Waals surface area contributed by atoms with Gasteiger partial charge in [0, 0.05) is 19.1 Å². The van der Waals surface area contributed by atoms with E-state index in [1.54, 1.807) is 0 Å². The first-order valence-corrected chi connectivity index (χ1v) is 9.34. The number of piperidine rings is 1. The van der Waals surface area contributed by atoms with Crippen molar-refractivity contribution in [2.45, 2.75) is 86.1 Å². The van der Waals surface area contributed by atoms with Crippen LogP contribution in [0, 0.1) is 10.8 Å². The molecule has 1 aliphatic rings. The van der Waals surface area contributed by atoms with Crippen molar-refractivity contribution in [1.82, 2.24) is 10.2 Å². The van der Waals surface area contributed by atoms with Crippen LogP contribution in [0.2, 0.25) is 0 Å². The molecule has 1 rings (SSSR count). The lowest BCUT2D eigenvalue weighted by Crippen LogP contribution is -2.48. The third-order valence-electron chi connectivity index (χ3n) is 5.81. The Labute approximate surface area is 134 Å². The van der Waals surface area contributed by atoms with Gasteiger partial charge in [0.05, 0.1) is 0 Å². The summed E-state index contributed by atoms with van der Waals surface area (Å²) in [7, 11) is 0. The molecule has 0 aromatic heterocycles. The molecule has 1 heterocycles. The Morgan fingerprint density at radius 1 is 1.10 bits per heavy atom. The summed E-state index contributed by atoms with van der Waals surface area (Å²) >= 11 is 0. The van der Waals surface area contributed by atoms with E-state index in [1.165, 1.54) is 58.2 Å². The minimum atomic E-state index is 0.428. The molecule has 21 heavy (non-hydrogen) atoms. The zero-order valence-corrected chi connectivity index (χ0v) is 15.6. The van der Waals surface area contributed by atoms with Gasteiger partial charge in [0.15, 0.2) is 0 Å². The zero-order valence-electron chi connectivity index (χ0n) is 15.6. The number of nitrogens with zero attached hydrogens (tertiary/aromatic N) is 1. The number of likely N-dealkylation sites (tertiary alicyclic amines) is 1. The molecule has 126 valence electrons. The molecule has 0 aliphatic carbocycles. The molecule has 0 aromatic carbocycles. The van der Waals surface area contributed by atoms with Crippen LogP contribution in [-0.2, 0) is 0 Å². The highest BCUT2D eigenvalue weighted by molar-refractivity contribution is 4.88. The van der Waals surface area contributed by atoms with Crippen LogP contribution in [-0.4, -0.2) is 37.1 Å². The second-order valence-electron chi connectivity index (χ2n) is 8.08. The number of rotatable bonds is 9. The predicted octanol–water partition coefficient (Wildman–Crippen LogP) is 4.69. The Morgan fingerprint density at radius 3 is 2.10 bits per heavy atom. The van der Waals surface area contributed by atoms with E-state index < -0.39 is 0 Å². The van der Waals surface area contributed by atoms with Crippen molar-refractivity contribution < 1.29 is 0 Å². The SMILES string of the molecule is CCCC(C)(CNC(C)C)CN1CCC(CC)(CC)CC1. The van der Waals surface area contributed by atoms with E-state index in [1.807, 2.05) is 0 Å². The molecule has 0 saturated carbocycles. The molecule has 0 bridgehead atoms. The van der Waals surface area contributed by atoms with Gasteiger partial charge in [-0.2, -0.15) is 0 Å². The van der Waals surface area contributed by atoms with E-state index in [-0.39, 0.29) is 0 Å². The van der Waals surface area contributed by atoms with Crippen molar-refractivity contribution in [3.8, 4) is 0 Å². The maximum atomic E-state index is 3.67. The van der Waals surface area contributed by atoms with Gasteiger partial charge in [-0.3, -0.25) is 0 Å². The van der Waals surface area contributed by atoms with Gasteiger partial charge in [-0.25, -0.2) is 0 Å². The third kappa shape index (κ3) is 5.90. The molecule has 0 radical (unpaired) electrons. The number of hydrogen-bond donors (Lipinski definition) is 1. The fraction of sp³-hybridized carbons (Fsp3) is 1.00. The van der Waals surface area contributed by atoms with E-state index in [0.29, 0.717) is 16.9 Å². The standard InChI is InChI=1S/C19H40N2/c1-7-10-18(6,15-20-17(4)5)16-21-13-11-19(8-2,9-3)12-14-21/h17,20H,7-16H2,1-6H3. The highest BCUT2D eigenvalue weighted by Gasteiger charge is 2.34. The third-order valence-corrected chi connectivity index (χ3v) is 5.81. The van der Waals surface area contributed by atoms with E-state index in [0.717, 1.165) is 6.54 Å². The summed E-state index contributed by atoms with van der Waals surface area (Å²) < 4.78 is 0. The average Bonchev–Trinajstić information content (AvgIpc) is 2.47. The highest BCUT2D eigenvalue weighted by atomic mass is 15.1. The second kappa shape index (κ2) is 8.53. The van der Waals surface area contributed by atoms with Gasteiger partial charge in [0.1, 0.15) is 0 Å². The first-order valence-electron chi connectivity index (χ1n) is 9.34. The van der Waals surface area contributed by atoms with Crippen LogP contribution >= 0.6 is 0 Å². The predicted molar refractivity (Wildman–Crippen MR) is 94.8 cm³/mol. The van der Waals surface area contributed by atoms with Crippen LogP contribution < -0.4 is 5.32 Å². The Balaban J connectivity index is 2.53. The summed E-state index contributed by atoms with van der Waals surface area (Å²) in [6, 6.07) is 0.593. The quantitative estimate of drug-likeness (QED) is 0.664. The second-order valence-corrected chi connectivity index (χ2v) is 8.08. The van der Waals surface area contributed by atoms with E-state index in [4.69, 9.17) is 0 Å². The van der Waals surface area contributed by atoms with Gasteiger partial charge in [0.2, 0.25) is 0 Å². The number of hydrogen-bond acceptors (Lipinski definition) is 2. The summed E-state index contributed by atoms with van der Waals surface area (Å²) in [4.78, 5) is 2.74. The average molecular weight is 297 g/mol. The molecular weight excluding hydrogens is 256 g/mol. The Kier molecular flexibility index (Phi) is 7.70. The Bertz CT molecular complexity index is 273. The van der Waals surface area contributed by atoms with Gasteiger partial charge < -0.3 is 10.2 Å². The first kappa shape index (κ1) is 19.0. The van der Waals surface area contributed by atoms with Gasteiger partial charge in [0.25, 0.3) is 0 Å². The van der Waals surface area contributed by atoms with E-state index in [2.05, 4.69) is 51.8 Å². The summed E-state index contributed by atoms with van der Waals surface area (Å²) in [5, 5.41) is 3.67. The monoisotopic (exact) mass is 296 g/mol. The fourth-order valence-corrected chi connectivity index (χ4v) is 3.96. The van der Waals surface area contributed by atoms with Gasteiger partial charge in [-0.15, -0.1) is 0 Å². The van der Waals surface area contributed by atoms with Crippen molar-refractivity contribution in [2.75, 3.05) is 26.2 Å². The van der Waals surface area contributed by atoms with Crippen LogP contribution in [0.5, 0.6) is 0 Å². The molecule has 1 unspecified atom stereocenters. The van der Waals surface area contributed by atoms with Crippen LogP contribution in [0.3, 0.4) is 0 Å². The molecule has 2 nitrogen and oxygen atoms in total. The molecular formula is C19H40N2. The van der Waals surface area contributed by atoms with Crippen LogP contribution in [0.25, 0.3) is 0 Å². The van der Waals surface area contributed by atoms with E-state index >= 15 is 0 Å². The van der Waals surface area contributed by atoms with Crippen LogP contribution in [0.15, 0.2) is 0 Å². The summed E-state index contributed by atoms with van der Waals surface area (Å²) in [5.41, 5.74) is 1.07. The first-order chi connectivity index (χ1) is 9.88. The van der Waals surface area contributed by atoms with Crippen molar-refractivity contribution in [3.63, 3.8) is 0 Å². The van der Waals surface area contributed by atoms with Crippen molar-refractivity contribution >= 4 is 0 Å². The molecule has 1 aliphatic heterocycles. The minimum Gasteiger partial charge on any atom is -0.314 e. The lowest BCUT2D eigenvalue weighted by atomic mass is 9.73. The molecule has 2 heteroatoms. The lowest BCUT2D eigenvalue weighted by Gasteiger charge is -2.44. The van der Waals surface area contributed by atoms with Crippen molar-refractivity contribution in [1.29, 1.82) is 0 Å². The molecule has 1 saturated heterocycles. The van der Waals surface area contributed by atoms with Gasteiger partial charge >= 0.3 is 0 Å². The van der Waals surface area contributed by atoms with Gasteiger partial charge in [-0.05, 0) is 43.2 Å². The molecule has 1 N–H and O–H groups in total. The molecule has 1 fully saturated rings. The zero-order chi connectivity index (χ0) is 15.9. The Hall–Kier alpha value is -0.0800. The molecule has 0 spiro atoms. The van der Waals surface area contributed by atoms with Crippen molar-refractivity contribution in [3.05, 3.63) is 0 Å². The highest BCUT2D eigenvalue weighted by Crippen LogP contribution is 2.38. The topological polar surface area (TPSA) is 15.3 Å². The largest absolute Gasteiger partial charge is 0.314 e. The minimum absolute atomic E-state index is 0.428. The lowest BCUT2D eigenvalue weighted by molar-refractivity contribution is 0.0606. The summed E-state index contributed by atoms with van der Waals surface area (Å²) in [6.45, 7) is 19.1. The van der Waals surface area contributed by atoms with Crippen molar-refractivity contribution in [2.24, 2.45) is 10.8 Å².